The molecule has 1 N–H and O–H groups in total. The number of hydrogen-bond acceptors (Lipinski definition) is 3. The van der Waals surface area contributed by atoms with Crippen molar-refractivity contribution in [3.05, 3.63) is 48.0 Å². The molecule has 112 valence electrons. The minimum absolute atomic E-state index is 0.244. The molecule has 0 aliphatic carbocycles. The first-order valence-corrected chi connectivity index (χ1v) is 7.49. The Labute approximate surface area is 124 Å². The van der Waals surface area contributed by atoms with E-state index < -0.39 is 0 Å². The fourth-order valence-corrected chi connectivity index (χ4v) is 2.92. The number of piperidine rings is 1. The van der Waals surface area contributed by atoms with Gasteiger partial charge in [0.15, 0.2) is 0 Å². The molecule has 0 saturated carbocycles. The zero-order valence-corrected chi connectivity index (χ0v) is 12.3. The Morgan fingerprint density at radius 2 is 2.14 bits per heavy atom. The molecule has 1 aromatic heterocycles. The van der Waals surface area contributed by atoms with Crippen LogP contribution in [0.1, 0.15) is 18.6 Å². The number of nitrogens with zero attached hydrogens (tertiary/aromatic N) is 1. The van der Waals surface area contributed by atoms with Crippen molar-refractivity contribution in [3.8, 4) is 11.3 Å². The lowest BCUT2D eigenvalue weighted by Crippen LogP contribution is -2.43. The summed E-state index contributed by atoms with van der Waals surface area (Å²) >= 11 is 0. The molecule has 2 heterocycles. The van der Waals surface area contributed by atoms with E-state index in [1.807, 2.05) is 25.2 Å². The maximum Gasteiger partial charge on any atom is 0.137 e. The van der Waals surface area contributed by atoms with E-state index in [1.165, 1.54) is 18.9 Å². The molecule has 1 saturated heterocycles. The van der Waals surface area contributed by atoms with Crippen LogP contribution in [0.2, 0.25) is 0 Å². The van der Waals surface area contributed by atoms with E-state index in [1.54, 1.807) is 12.1 Å². The Bertz CT molecular complexity index is 596. The third-order valence-corrected chi connectivity index (χ3v) is 4.09. The Balaban J connectivity index is 1.69. The smallest absolute Gasteiger partial charge is 0.137 e. The molecule has 1 atom stereocenters. The number of likely N-dealkylation sites (tertiary alicyclic amines) is 1. The Morgan fingerprint density at radius 1 is 1.29 bits per heavy atom. The molecule has 3 nitrogen and oxygen atoms in total. The van der Waals surface area contributed by atoms with Crippen LogP contribution in [-0.2, 0) is 6.54 Å². The van der Waals surface area contributed by atoms with Crippen molar-refractivity contribution in [3.63, 3.8) is 0 Å². The molecule has 1 aliphatic heterocycles. The second kappa shape index (κ2) is 6.41. The van der Waals surface area contributed by atoms with Crippen LogP contribution in [0.5, 0.6) is 0 Å². The lowest BCUT2D eigenvalue weighted by Gasteiger charge is -2.31. The molecule has 1 aromatic carbocycles. The highest BCUT2D eigenvalue weighted by Gasteiger charge is 2.19. The standard InChI is InChI=1S/C17H21FN2O/c1-19-13-5-4-10-20(11-13)12-14-8-9-17(21-14)15-6-2-3-7-16(15)18/h2-3,6-9,13,19H,4-5,10-12H2,1H3. The van der Waals surface area contributed by atoms with Gasteiger partial charge >= 0.3 is 0 Å². The summed E-state index contributed by atoms with van der Waals surface area (Å²) in [7, 11) is 2.01. The lowest BCUT2D eigenvalue weighted by atomic mass is 10.1. The van der Waals surface area contributed by atoms with Crippen molar-refractivity contribution in [1.82, 2.24) is 10.2 Å². The summed E-state index contributed by atoms with van der Waals surface area (Å²) in [6, 6.07) is 11.1. The van der Waals surface area contributed by atoms with E-state index in [-0.39, 0.29) is 5.82 Å². The summed E-state index contributed by atoms with van der Waals surface area (Å²) in [5.74, 6) is 1.25. The van der Waals surface area contributed by atoms with Gasteiger partial charge in [-0.05, 0) is 50.7 Å². The van der Waals surface area contributed by atoms with Crippen LogP contribution in [-0.4, -0.2) is 31.1 Å². The van der Waals surface area contributed by atoms with E-state index in [2.05, 4.69) is 10.2 Å². The van der Waals surface area contributed by atoms with Gasteiger partial charge in [-0.15, -0.1) is 0 Å². The second-order valence-corrected chi connectivity index (χ2v) is 5.61. The normalized spacial score (nSPS) is 19.8. The average Bonchev–Trinajstić information content (AvgIpc) is 2.96. The quantitative estimate of drug-likeness (QED) is 0.936. The van der Waals surface area contributed by atoms with Crippen LogP contribution in [0.15, 0.2) is 40.8 Å². The van der Waals surface area contributed by atoms with Crippen molar-refractivity contribution in [2.75, 3.05) is 20.1 Å². The molecule has 2 aromatic rings. The maximum absolute atomic E-state index is 13.8. The summed E-state index contributed by atoms with van der Waals surface area (Å²) in [5.41, 5.74) is 0.524. The first kappa shape index (κ1) is 14.3. The van der Waals surface area contributed by atoms with Gasteiger partial charge in [-0.3, -0.25) is 4.90 Å². The van der Waals surface area contributed by atoms with E-state index in [0.717, 1.165) is 25.4 Å². The molecule has 21 heavy (non-hydrogen) atoms. The molecule has 0 bridgehead atoms. The average molecular weight is 288 g/mol. The minimum Gasteiger partial charge on any atom is -0.460 e. The minimum atomic E-state index is -0.244. The number of nitrogens with one attached hydrogen (secondary N) is 1. The molecule has 0 radical (unpaired) electrons. The number of furan rings is 1. The number of halogens is 1. The van der Waals surface area contributed by atoms with Gasteiger partial charge in [-0.1, -0.05) is 12.1 Å². The number of likely N-dealkylation sites (N-methyl/N-ethyl adjacent to an activating group) is 1. The monoisotopic (exact) mass is 288 g/mol. The highest BCUT2D eigenvalue weighted by Crippen LogP contribution is 2.25. The van der Waals surface area contributed by atoms with E-state index in [9.17, 15) is 4.39 Å². The van der Waals surface area contributed by atoms with Crippen LogP contribution in [0.3, 0.4) is 0 Å². The van der Waals surface area contributed by atoms with Gasteiger partial charge in [0.25, 0.3) is 0 Å². The molecular formula is C17H21FN2O. The predicted molar refractivity (Wildman–Crippen MR) is 81.5 cm³/mol. The van der Waals surface area contributed by atoms with Crippen molar-refractivity contribution in [1.29, 1.82) is 0 Å². The van der Waals surface area contributed by atoms with E-state index in [4.69, 9.17) is 4.42 Å². The highest BCUT2D eigenvalue weighted by atomic mass is 19.1. The van der Waals surface area contributed by atoms with Crippen molar-refractivity contribution in [2.45, 2.75) is 25.4 Å². The summed E-state index contributed by atoms with van der Waals surface area (Å²) in [5, 5.41) is 3.34. The van der Waals surface area contributed by atoms with Gasteiger partial charge in [-0.25, -0.2) is 4.39 Å². The zero-order chi connectivity index (χ0) is 14.7. The molecule has 3 rings (SSSR count). The van der Waals surface area contributed by atoms with Crippen LogP contribution in [0, 0.1) is 5.82 Å². The Morgan fingerprint density at radius 3 is 2.95 bits per heavy atom. The van der Waals surface area contributed by atoms with Crippen molar-refractivity contribution in [2.24, 2.45) is 0 Å². The number of hydrogen-bond donors (Lipinski definition) is 1. The van der Waals surface area contributed by atoms with Crippen LogP contribution in [0.4, 0.5) is 4.39 Å². The maximum atomic E-state index is 13.8. The Kier molecular flexibility index (Phi) is 4.36. The van der Waals surface area contributed by atoms with Crippen molar-refractivity contribution >= 4 is 0 Å². The highest BCUT2D eigenvalue weighted by molar-refractivity contribution is 5.58. The topological polar surface area (TPSA) is 28.4 Å². The third-order valence-electron chi connectivity index (χ3n) is 4.09. The first-order valence-electron chi connectivity index (χ1n) is 7.49. The Hall–Kier alpha value is -1.65. The molecule has 4 heteroatoms. The van der Waals surface area contributed by atoms with Crippen LogP contribution >= 0.6 is 0 Å². The van der Waals surface area contributed by atoms with Gasteiger partial charge in [0.05, 0.1) is 12.1 Å². The van der Waals surface area contributed by atoms with Gasteiger partial charge in [0.2, 0.25) is 0 Å². The van der Waals surface area contributed by atoms with Crippen molar-refractivity contribution < 1.29 is 8.81 Å². The number of benzene rings is 1. The number of rotatable bonds is 4. The van der Waals surface area contributed by atoms with Crippen LogP contribution in [0.25, 0.3) is 11.3 Å². The fraction of sp³-hybridized carbons (Fsp3) is 0.412. The molecule has 1 unspecified atom stereocenters. The summed E-state index contributed by atoms with van der Waals surface area (Å²) in [6.07, 6.45) is 2.43. The lowest BCUT2D eigenvalue weighted by molar-refractivity contribution is 0.176. The second-order valence-electron chi connectivity index (χ2n) is 5.61. The largest absolute Gasteiger partial charge is 0.460 e. The van der Waals surface area contributed by atoms with Gasteiger partial charge in [0, 0.05) is 12.6 Å². The van der Waals surface area contributed by atoms with E-state index in [0.29, 0.717) is 17.4 Å². The SMILES string of the molecule is CNC1CCCN(Cc2ccc(-c3ccccc3F)o2)C1. The van der Waals surface area contributed by atoms with Gasteiger partial charge in [-0.2, -0.15) is 0 Å². The van der Waals surface area contributed by atoms with Gasteiger partial charge < -0.3 is 9.73 Å². The summed E-state index contributed by atoms with van der Waals surface area (Å²) < 4.78 is 19.6. The molecular weight excluding hydrogens is 267 g/mol. The van der Waals surface area contributed by atoms with E-state index >= 15 is 0 Å². The molecule has 1 fully saturated rings. The summed E-state index contributed by atoms with van der Waals surface area (Å²) in [6.45, 7) is 2.91. The zero-order valence-electron chi connectivity index (χ0n) is 12.3. The summed E-state index contributed by atoms with van der Waals surface area (Å²) in [4.78, 5) is 2.38. The van der Waals surface area contributed by atoms with Crippen LogP contribution < -0.4 is 5.32 Å². The molecule has 1 aliphatic rings. The predicted octanol–water partition coefficient (Wildman–Crippen LogP) is 3.27. The van der Waals surface area contributed by atoms with Gasteiger partial charge in [0.1, 0.15) is 17.3 Å². The first-order chi connectivity index (χ1) is 10.3. The fourth-order valence-electron chi connectivity index (χ4n) is 2.92. The molecule has 0 amide bonds. The third kappa shape index (κ3) is 3.34. The molecule has 0 spiro atoms.